The number of hydrogen-bond acceptors (Lipinski definition) is 3. The molecule has 1 aromatic carbocycles. The maximum atomic E-state index is 11.7. The van der Waals surface area contributed by atoms with E-state index in [2.05, 4.69) is 24.4 Å². The lowest BCUT2D eigenvalue weighted by molar-refractivity contribution is -0.123. The molecule has 0 bridgehead atoms. The van der Waals surface area contributed by atoms with Crippen LogP contribution in [0, 0.1) is 5.92 Å². The second-order valence-corrected chi connectivity index (χ2v) is 5.70. The third kappa shape index (κ3) is 5.21. The van der Waals surface area contributed by atoms with Gasteiger partial charge in [-0.05, 0) is 55.7 Å². The highest BCUT2D eigenvalue weighted by Gasteiger charge is 2.14. The van der Waals surface area contributed by atoms with Crippen molar-refractivity contribution in [2.24, 2.45) is 11.0 Å². The summed E-state index contributed by atoms with van der Waals surface area (Å²) in [5.41, 5.74) is 4.94. The van der Waals surface area contributed by atoms with Gasteiger partial charge in [0.1, 0.15) is 5.75 Å². The number of ether oxygens (including phenoxy) is 1. The third-order valence-electron chi connectivity index (χ3n) is 3.79. The molecule has 21 heavy (non-hydrogen) atoms. The third-order valence-corrected chi connectivity index (χ3v) is 3.79. The number of nitrogens with zero attached hydrogens (tertiary/aromatic N) is 1. The van der Waals surface area contributed by atoms with Gasteiger partial charge in [-0.25, -0.2) is 5.43 Å². The summed E-state index contributed by atoms with van der Waals surface area (Å²) in [6.45, 7) is 4.33. The standard InChI is InChI=1S/C17H24N2O2/c1-3-14-7-9-16(10-8-14)21-12-17(20)19-18-15-6-4-5-13(2)11-15/h7-10,13H,3-6,11-12H2,1-2H3,(H,19,20)/b18-15-/t13-/m0/s1. The van der Waals surface area contributed by atoms with Crippen LogP contribution in [0.25, 0.3) is 0 Å². The molecule has 1 aliphatic carbocycles. The summed E-state index contributed by atoms with van der Waals surface area (Å²) < 4.78 is 5.45. The Morgan fingerprint density at radius 1 is 1.38 bits per heavy atom. The molecule has 0 aliphatic heterocycles. The molecule has 1 amide bonds. The van der Waals surface area contributed by atoms with Crippen molar-refractivity contribution < 1.29 is 9.53 Å². The Morgan fingerprint density at radius 2 is 2.14 bits per heavy atom. The Hall–Kier alpha value is -1.84. The first-order chi connectivity index (χ1) is 10.2. The number of hydrogen-bond donors (Lipinski definition) is 1. The van der Waals surface area contributed by atoms with E-state index >= 15 is 0 Å². The Labute approximate surface area is 126 Å². The summed E-state index contributed by atoms with van der Waals surface area (Å²) in [6.07, 6.45) is 5.39. The van der Waals surface area contributed by atoms with E-state index < -0.39 is 0 Å². The van der Waals surface area contributed by atoms with Crippen molar-refractivity contribution in [3.63, 3.8) is 0 Å². The van der Waals surface area contributed by atoms with Gasteiger partial charge in [0.15, 0.2) is 6.61 Å². The Bertz CT molecular complexity index is 494. The van der Waals surface area contributed by atoms with Crippen molar-refractivity contribution in [1.29, 1.82) is 0 Å². The summed E-state index contributed by atoms with van der Waals surface area (Å²) in [5, 5.41) is 4.21. The second-order valence-electron chi connectivity index (χ2n) is 5.70. The molecule has 4 heteroatoms. The minimum Gasteiger partial charge on any atom is -0.484 e. The van der Waals surface area contributed by atoms with Crippen LogP contribution in [0.1, 0.15) is 45.1 Å². The Morgan fingerprint density at radius 3 is 2.81 bits per heavy atom. The van der Waals surface area contributed by atoms with Gasteiger partial charge in [-0.1, -0.05) is 26.0 Å². The minimum absolute atomic E-state index is 0.00218. The molecule has 1 atom stereocenters. The predicted molar refractivity (Wildman–Crippen MR) is 84.5 cm³/mol. The van der Waals surface area contributed by atoms with Crippen LogP contribution in [0.3, 0.4) is 0 Å². The van der Waals surface area contributed by atoms with E-state index in [4.69, 9.17) is 4.74 Å². The molecule has 1 fully saturated rings. The van der Waals surface area contributed by atoms with Gasteiger partial charge in [-0.2, -0.15) is 5.10 Å². The summed E-state index contributed by atoms with van der Waals surface area (Å²) in [6, 6.07) is 7.80. The molecule has 0 radical (unpaired) electrons. The number of hydrazone groups is 1. The molecular formula is C17H24N2O2. The zero-order chi connectivity index (χ0) is 15.1. The second kappa shape index (κ2) is 7.81. The van der Waals surface area contributed by atoms with Crippen LogP contribution in [0.2, 0.25) is 0 Å². The summed E-state index contributed by atoms with van der Waals surface area (Å²) in [4.78, 5) is 11.7. The van der Waals surface area contributed by atoms with E-state index in [1.165, 1.54) is 12.0 Å². The Balaban J connectivity index is 1.75. The highest BCUT2D eigenvalue weighted by molar-refractivity contribution is 5.87. The maximum Gasteiger partial charge on any atom is 0.277 e. The van der Waals surface area contributed by atoms with Gasteiger partial charge in [-0.3, -0.25) is 4.79 Å². The topological polar surface area (TPSA) is 50.7 Å². The number of rotatable bonds is 5. The summed E-state index contributed by atoms with van der Waals surface area (Å²) >= 11 is 0. The quantitative estimate of drug-likeness (QED) is 0.845. The van der Waals surface area contributed by atoms with Gasteiger partial charge in [0, 0.05) is 5.71 Å². The molecule has 1 aromatic rings. The molecule has 0 aromatic heterocycles. The number of benzene rings is 1. The lowest BCUT2D eigenvalue weighted by Gasteiger charge is -2.18. The van der Waals surface area contributed by atoms with Crippen LogP contribution in [-0.2, 0) is 11.2 Å². The van der Waals surface area contributed by atoms with Crippen LogP contribution in [0.15, 0.2) is 29.4 Å². The first kappa shape index (κ1) is 15.5. The fourth-order valence-corrected chi connectivity index (χ4v) is 2.51. The van der Waals surface area contributed by atoms with Crippen molar-refractivity contribution in [3.8, 4) is 5.75 Å². The normalized spacial score (nSPS) is 20.3. The van der Waals surface area contributed by atoms with E-state index in [1.807, 2.05) is 24.3 Å². The van der Waals surface area contributed by atoms with Gasteiger partial charge >= 0.3 is 0 Å². The highest BCUT2D eigenvalue weighted by Crippen LogP contribution is 2.20. The first-order valence-electron chi connectivity index (χ1n) is 7.73. The number of aryl methyl sites for hydroxylation is 1. The number of carbonyl (C=O) groups is 1. The molecule has 1 N–H and O–H groups in total. The lowest BCUT2D eigenvalue weighted by Crippen LogP contribution is -2.27. The van der Waals surface area contributed by atoms with E-state index in [-0.39, 0.29) is 12.5 Å². The monoisotopic (exact) mass is 288 g/mol. The van der Waals surface area contributed by atoms with Crippen molar-refractivity contribution in [1.82, 2.24) is 5.43 Å². The maximum absolute atomic E-state index is 11.7. The number of nitrogens with one attached hydrogen (secondary N) is 1. The van der Waals surface area contributed by atoms with Crippen molar-refractivity contribution in [2.45, 2.75) is 46.0 Å². The largest absolute Gasteiger partial charge is 0.484 e. The number of amides is 1. The SMILES string of the molecule is CCc1ccc(OCC(=O)N/N=C2/CCC[C@H](C)C2)cc1. The highest BCUT2D eigenvalue weighted by atomic mass is 16.5. The van der Waals surface area contributed by atoms with Gasteiger partial charge < -0.3 is 4.74 Å². The zero-order valence-corrected chi connectivity index (χ0v) is 12.9. The van der Waals surface area contributed by atoms with Gasteiger partial charge in [0.25, 0.3) is 5.91 Å². The van der Waals surface area contributed by atoms with E-state index in [1.54, 1.807) is 0 Å². The van der Waals surface area contributed by atoms with E-state index in [0.29, 0.717) is 11.7 Å². The van der Waals surface area contributed by atoms with Gasteiger partial charge in [0.05, 0.1) is 0 Å². The zero-order valence-electron chi connectivity index (χ0n) is 12.9. The first-order valence-corrected chi connectivity index (χ1v) is 7.73. The van der Waals surface area contributed by atoms with E-state index in [9.17, 15) is 4.79 Å². The molecule has 2 rings (SSSR count). The van der Waals surface area contributed by atoms with Crippen LogP contribution in [-0.4, -0.2) is 18.2 Å². The number of carbonyl (C=O) groups excluding carboxylic acids is 1. The molecule has 0 saturated heterocycles. The van der Waals surface area contributed by atoms with Crippen molar-refractivity contribution in [3.05, 3.63) is 29.8 Å². The summed E-state index contributed by atoms with van der Waals surface area (Å²) in [5.74, 6) is 1.17. The lowest BCUT2D eigenvalue weighted by atomic mass is 9.89. The summed E-state index contributed by atoms with van der Waals surface area (Å²) in [7, 11) is 0. The van der Waals surface area contributed by atoms with Crippen LogP contribution >= 0.6 is 0 Å². The molecule has 0 unspecified atom stereocenters. The molecule has 0 spiro atoms. The Kier molecular flexibility index (Phi) is 5.78. The van der Waals surface area contributed by atoms with E-state index in [0.717, 1.165) is 31.4 Å². The fraction of sp³-hybridized carbons (Fsp3) is 0.529. The van der Waals surface area contributed by atoms with Gasteiger partial charge in [0.2, 0.25) is 0 Å². The van der Waals surface area contributed by atoms with Crippen LogP contribution in [0.4, 0.5) is 0 Å². The molecule has 1 saturated carbocycles. The molecule has 0 heterocycles. The molecular weight excluding hydrogens is 264 g/mol. The van der Waals surface area contributed by atoms with Crippen LogP contribution in [0.5, 0.6) is 5.75 Å². The molecule has 4 nitrogen and oxygen atoms in total. The van der Waals surface area contributed by atoms with Crippen molar-refractivity contribution >= 4 is 11.6 Å². The molecule has 114 valence electrons. The fourth-order valence-electron chi connectivity index (χ4n) is 2.51. The minimum atomic E-state index is -0.208. The van der Waals surface area contributed by atoms with Crippen LogP contribution < -0.4 is 10.2 Å². The smallest absolute Gasteiger partial charge is 0.277 e. The predicted octanol–water partition coefficient (Wildman–Crippen LogP) is 3.31. The molecule has 1 aliphatic rings. The average molecular weight is 288 g/mol. The van der Waals surface area contributed by atoms with Crippen molar-refractivity contribution in [2.75, 3.05) is 6.61 Å². The van der Waals surface area contributed by atoms with Gasteiger partial charge in [-0.15, -0.1) is 0 Å². The average Bonchev–Trinajstić information content (AvgIpc) is 2.51.